The van der Waals surface area contributed by atoms with Crippen LogP contribution in [0.3, 0.4) is 0 Å². The van der Waals surface area contributed by atoms with Crippen molar-refractivity contribution < 1.29 is 18.7 Å². The fourth-order valence-electron chi connectivity index (χ4n) is 3.68. The Kier molecular flexibility index (Phi) is 5.96. The van der Waals surface area contributed by atoms with Crippen molar-refractivity contribution in [1.29, 1.82) is 0 Å². The molecular weight excluding hydrogens is 448 g/mol. The number of carbonyl (C=O) groups excluding carboxylic acids is 1. The average Bonchev–Trinajstić information content (AvgIpc) is 3.42. The molecular formula is C26H20N4O5. The number of aryl methyl sites for hydroxylation is 1. The number of rotatable bonds is 8. The number of oxazole rings is 1. The van der Waals surface area contributed by atoms with Gasteiger partial charge in [0.05, 0.1) is 12.7 Å². The predicted molar refractivity (Wildman–Crippen MR) is 127 cm³/mol. The van der Waals surface area contributed by atoms with Crippen molar-refractivity contribution in [3.8, 4) is 40.0 Å². The van der Waals surface area contributed by atoms with Crippen LogP contribution in [0.15, 0.2) is 94.3 Å². The average molecular weight is 468 g/mol. The maximum Gasteiger partial charge on any atom is 0.419 e. The number of hydrogen-bond donors (Lipinski definition) is 0. The van der Waals surface area contributed by atoms with Crippen LogP contribution in [0.1, 0.15) is 5.56 Å². The minimum absolute atomic E-state index is 0.365. The Hall–Kier alpha value is -4.92. The van der Waals surface area contributed by atoms with Gasteiger partial charge in [-0.2, -0.15) is 0 Å². The molecule has 35 heavy (non-hydrogen) atoms. The van der Waals surface area contributed by atoms with Crippen LogP contribution in [0.25, 0.3) is 22.7 Å². The highest BCUT2D eigenvalue weighted by atomic mass is 16.5. The van der Waals surface area contributed by atoms with Gasteiger partial charge in [-0.3, -0.25) is 9.36 Å². The zero-order valence-corrected chi connectivity index (χ0v) is 18.7. The molecule has 0 saturated heterocycles. The third-order valence-corrected chi connectivity index (χ3v) is 5.31. The number of aromatic nitrogens is 4. The van der Waals surface area contributed by atoms with E-state index in [0.29, 0.717) is 47.4 Å². The lowest BCUT2D eigenvalue weighted by molar-refractivity contribution is -0.120. The Balaban J connectivity index is 1.40. The molecule has 9 nitrogen and oxygen atoms in total. The molecule has 3 aromatic carbocycles. The normalized spacial score (nSPS) is 10.8. The third kappa shape index (κ3) is 4.74. The smallest absolute Gasteiger partial charge is 0.419 e. The summed E-state index contributed by atoms with van der Waals surface area (Å²) in [5.41, 5.74) is 2.92. The van der Waals surface area contributed by atoms with Crippen LogP contribution in [-0.2, 0) is 18.4 Å². The van der Waals surface area contributed by atoms with Crippen molar-refractivity contribution in [2.24, 2.45) is 7.05 Å². The van der Waals surface area contributed by atoms with E-state index >= 15 is 0 Å². The van der Waals surface area contributed by atoms with Crippen molar-refractivity contribution in [2.45, 2.75) is 6.54 Å². The van der Waals surface area contributed by atoms with Crippen molar-refractivity contribution in [2.75, 3.05) is 0 Å². The van der Waals surface area contributed by atoms with Crippen molar-refractivity contribution in [1.82, 2.24) is 19.6 Å². The molecule has 0 amide bonds. The first-order valence-corrected chi connectivity index (χ1v) is 10.7. The summed E-state index contributed by atoms with van der Waals surface area (Å²) in [7, 11) is 1.74. The molecule has 174 valence electrons. The Labute approximate surface area is 199 Å². The second-order valence-electron chi connectivity index (χ2n) is 7.70. The Morgan fingerprint density at radius 2 is 1.71 bits per heavy atom. The van der Waals surface area contributed by atoms with Crippen molar-refractivity contribution in [3.63, 3.8) is 0 Å². The van der Waals surface area contributed by atoms with Gasteiger partial charge in [-0.1, -0.05) is 41.6 Å². The monoisotopic (exact) mass is 468 g/mol. The fraction of sp³-hybridized carbons (Fsp3) is 0.0769. The zero-order chi connectivity index (χ0) is 24.2. The number of carbonyl (C=O) groups is 1. The van der Waals surface area contributed by atoms with Gasteiger partial charge in [0.2, 0.25) is 0 Å². The highest BCUT2D eigenvalue weighted by Crippen LogP contribution is 2.32. The molecule has 5 rings (SSSR count). The van der Waals surface area contributed by atoms with Gasteiger partial charge in [0.1, 0.15) is 28.6 Å². The SMILES string of the molecule is Cn1nnc(-c2ccc(Oc3cccc(OC=O)c3)cc2)c1-c1cn(Cc2ccccc2)c(=O)o1. The van der Waals surface area contributed by atoms with Gasteiger partial charge in [-0.15, -0.1) is 5.10 Å². The van der Waals surface area contributed by atoms with Crippen molar-refractivity contribution >= 4 is 6.47 Å². The van der Waals surface area contributed by atoms with E-state index in [1.165, 1.54) is 4.57 Å². The fourth-order valence-corrected chi connectivity index (χ4v) is 3.68. The lowest BCUT2D eigenvalue weighted by Crippen LogP contribution is -2.13. The lowest BCUT2D eigenvalue weighted by Gasteiger charge is -2.08. The van der Waals surface area contributed by atoms with Crippen molar-refractivity contribution in [3.05, 3.63) is 101 Å². The largest absolute Gasteiger partial charge is 0.457 e. The Morgan fingerprint density at radius 3 is 2.49 bits per heavy atom. The zero-order valence-electron chi connectivity index (χ0n) is 18.7. The maximum atomic E-state index is 12.5. The second kappa shape index (κ2) is 9.52. The molecule has 0 aliphatic heterocycles. The highest BCUT2D eigenvalue weighted by Gasteiger charge is 2.20. The second-order valence-corrected chi connectivity index (χ2v) is 7.70. The summed E-state index contributed by atoms with van der Waals surface area (Å²) in [5.74, 6) is 1.42. The molecule has 0 atom stereocenters. The van der Waals surface area contributed by atoms with Crippen LogP contribution < -0.4 is 15.2 Å². The van der Waals surface area contributed by atoms with E-state index in [1.54, 1.807) is 54.3 Å². The van der Waals surface area contributed by atoms with E-state index in [1.807, 2.05) is 42.5 Å². The molecule has 2 heterocycles. The van der Waals surface area contributed by atoms with Crippen LogP contribution in [0.2, 0.25) is 0 Å². The molecule has 0 aliphatic carbocycles. The topological polar surface area (TPSA) is 101 Å². The van der Waals surface area contributed by atoms with Gasteiger partial charge in [0.25, 0.3) is 6.47 Å². The van der Waals surface area contributed by atoms with Gasteiger partial charge < -0.3 is 13.9 Å². The van der Waals surface area contributed by atoms with Crippen LogP contribution in [-0.4, -0.2) is 26.0 Å². The third-order valence-electron chi connectivity index (χ3n) is 5.31. The molecule has 0 radical (unpaired) electrons. The van der Waals surface area contributed by atoms with E-state index in [2.05, 4.69) is 10.3 Å². The summed E-state index contributed by atoms with van der Waals surface area (Å²) in [5, 5.41) is 8.41. The first-order chi connectivity index (χ1) is 17.1. The van der Waals surface area contributed by atoms with Crippen LogP contribution in [0.5, 0.6) is 17.2 Å². The van der Waals surface area contributed by atoms with Gasteiger partial charge in [-0.05, 0) is 42.0 Å². The molecule has 0 aliphatic rings. The van der Waals surface area contributed by atoms with E-state index in [9.17, 15) is 9.59 Å². The molecule has 2 aromatic heterocycles. The summed E-state index contributed by atoms with van der Waals surface area (Å²) in [6.45, 7) is 0.763. The van der Waals surface area contributed by atoms with E-state index in [4.69, 9.17) is 13.9 Å². The van der Waals surface area contributed by atoms with Crippen LogP contribution >= 0.6 is 0 Å². The van der Waals surface area contributed by atoms with Gasteiger partial charge >= 0.3 is 5.76 Å². The predicted octanol–water partition coefficient (Wildman–Crippen LogP) is 4.28. The number of hydrogen-bond acceptors (Lipinski definition) is 7. The molecule has 0 bridgehead atoms. The summed E-state index contributed by atoms with van der Waals surface area (Å²) in [6.07, 6.45) is 1.67. The first-order valence-electron chi connectivity index (χ1n) is 10.7. The summed E-state index contributed by atoms with van der Waals surface area (Å²) in [4.78, 5) is 23.0. The lowest BCUT2D eigenvalue weighted by atomic mass is 10.1. The van der Waals surface area contributed by atoms with E-state index in [-0.39, 0.29) is 0 Å². The standard InChI is InChI=1S/C26H20N4O5/c1-29-25(23-16-30(26(32)35-23)15-18-6-3-2-4-7-18)24(27-28-29)19-10-12-20(13-11-19)34-22-9-5-8-21(14-22)33-17-31/h2-14,16-17H,15H2,1H3. The van der Waals surface area contributed by atoms with E-state index in [0.717, 1.165) is 11.1 Å². The molecule has 9 heteroatoms. The van der Waals surface area contributed by atoms with Crippen LogP contribution in [0.4, 0.5) is 0 Å². The number of benzene rings is 3. The summed E-state index contributed by atoms with van der Waals surface area (Å²) in [6, 6.07) is 23.7. The molecule has 0 fully saturated rings. The van der Waals surface area contributed by atoms with Crippen LogP contribution in [0, 0.1) is 0 Å². The number of nitrogens with zero attached hydrogens (tertiary/aromatic N) is 4. The molecule has 0 saturated carbocycles. The number of ether oxygens (including phenoxy) is 2. The summed E-state index contributed by atoms with van der Waals surface area (Å²) < 4.78 is 19.3. The minimum atomic E-state index is -0.458. The Bertz CT molecular complexity index is 1520. The highest BCUT2D eigenvalue weighted by molar-refractivity contribution is 5.75. The first kappa shape index (κ1) is 21.9. The summed E-state index contributed by atoms with van der Waals surface area (Å²) >= 11 is 0. The minimum Gasteiger partial charge on any atom is -0.457 e. The quantitative estimate of drug-likeness (QED) is 0.313. The van der Waals surface area contributed by atoms with Gasteiger partial charge in [-0.25, -0.2) is 9.48 Å². The molecule has 0 unspecified atom stereocenters. The Morgan fingerprint density at radius 1 is 0.943 bits per heavy atom. The van der Waals surface area contributed by atoms with E-state index < -0.39 is 5.76 Å². The van der Waals surface area contributed by atoms with Gasteiger partial charge in [0.15, 0.2) is 5.76 Å². The molecule has 0 N–H and O–H groups in total. The van der Waals surface area contributed by atoms with Gasteiger partial charge in [0, 0.05) is 18.7 Å². The molecule has 5 aromatic rings. The maximum absolute atomic E-state index is 12.5. The molecule has 0 spiro atoms.